The molecule has 2 aromatic carbocycles. The van der Waals surface area contributed by atoms with Crippen LogP contribution in [-0.2, 0) is 4.79 Å². The molecule has 0 saturated heterocycles. The average molecular weight is 470 g/mol. The van der Waals surface area contributed by atoms with Gasteiger partial charge in [0.2, 0.25) is 0 Å². The number of carbonyl (C=O) groups excluding carboxylic acids is 1. The number of aliphatic carboxylic acids is 1. The van der Waals surface area contributed by atoms with Crippen molar-refractivity contribution in [3.8, 4) is 11.1 Å². The quantitative estimate of drug-likeness (QED) is 0.348. The van der Waals surface area contributed by atoms with Gasteiger partial charge in [-0.05, 0) is 66.1 Å². The number of aryl methyl sites for hydroxylation is 1. The largest absolute Gasteiger partial charge is 0.481 e. The third kappa shape index (κ3) is 6.15. The van der Waals surface area contributed by atoms with E-state index in [1.165, 1.54) is 43.2 Å². The van der Waals surface area contributed by atoms with Crippen molar-refractivity contribution in [2.24, 2.45) is 0 Å². The normalized spacial score (nSPS) is 13.7. The summed E-state index contributed by atoms with van der Waals surface area (Å²) < 4.78 is 1.93. The first-order valence-electron chi connectivity index (χ1n) is 12.1. The molecule has 2 N–H and O–H groups in total. The van der Waals surface area contributed by atoms with E-state index in [1.54, 1.807) is 6.20 Å². The summed E-state index contributed by atoms with van der Waals surface area (Å²) in [6.45, 7) is 3.06. The summed E-state index contributed by atoms with van der Waals surface area (Å²) in [5.74, 6) is -0.315. The smallest absolute Gasteiger partial charge is 0.300 e. The second-order valence-corrected chi connectivity index (χ2v) is 9.05. The SMILES string of the molecule is CC(=O)O.Cc1ccccc1NC(=O)c1cn2cc(-c3ccc(C4CCCCC4)cc3)ccc2n1. The van der Waals surface area contributed by atoms with Gasteiger partial charge in [0.25, 0.3) is 11.9 Å². The van der Waals surface area contributed by atoms with Gasteiger partial charge >= 0.3 is 0 Å². The van der Waals surface area contributed by atoms with Gasteiger partial charge in [0, 0.05) is 25.0 Å². The van der Waals surface area contributed by atoms with E-state index in [1.807, 2.05) is 47.9 Å². The van der Waals surface area contributed by atoms with Gasteiger partial charge in [-0.1, -0.05) is 61.7 Å². The molecule has 2 aromatic heterocycles. The molecule has 2 heterocycles. The Bertz CT molecular complexity index is 1310. The van der Waals surface area contributed by atoms with E-state index in [-0.39, 0.29) is 5.91 Å². The number of aromatic nitrogens is 2. The van der Waals surface area contributed by atoms with Crippen molar-refractivity contribution in [1.82, 2.24) is 9.38 Å². The summed E-state index contributed by atoms with van der Waals surface area (Å²) in [6, 6.07) is 20.8. The molecule has 180 valence electrons. The molecular weight excluding hydrogens is 438 g/mol. The first-order valence-corrected chi connectivity index (χ1v) is 12.1. The van der Waals surface area contributed by atoms with Crippen molar-refractivity contribution in [3.63, 3.8) is 0 Å². The van der Waals surface area contributed by atoms with Gasteiger partial charge in [-0.15, -0.1) is 0 Å². The van der Waals surface area contributed by atoms with Crippen molar-refractivity contribution in [3.05, 3.63) is 89.9 Å². The highest BCUT2D eigenvalue weighted by Gasteiger charge is 2.16. The van der Waals surface area contributed by atoms with Gasteiger partial charge < -0.3 is 14.8 Å². The molecule has 0 bridgehead atoms. The van der Waals surface area contributed by atoms with Crippen LogP contribution >= 0.6 is 0 Å². The van der Waals surface area contributed by atoms with Crippen LogP contribution in [0, 0.1) is 6.92 Å². The summed E-state index contributed by atoms with van der Waals surface area (Å²) in [5, 5.41) is 10.4. The zero-order valence-corrected chi connectivity index (χ0v) is 20.2. The van der Waals surface area contributed by atoms with E-state index in [4.69, 9.17) is 9.90 Å². The molecule has 6 heteroatoms. The highest BCUT2D eigenvalue weighted by Crippen LogP contribution is 2.33. The number of nitrogens with one attached hydrogen (secondary N) is 1. The fourth-order valence-electron chi connectivity index (χ4n) is 4.56. The summed E-state index contributed by atoms with van der Waals surface area (Å²) >= 11 is 0. The maximum Gasteiger partial charge on any atom is 0.300 e. The highest BCUT2D eigenvalue weighted by molar-refractivity contribution is 6.03. The number of nitrogens with zero attached hydrogens (tertiary/aromatic N) is 2. The third-order valence-corrected chi connectivity index (χ3v) is 6.40. The molecule has 0 aliphatic heterocycles. The van der Waals surface area contributed by atoms with Crippen molar-refractivity contribution in [1.29, 1.82) is 0 Å². The third-order valence-electron chi connectivity index (χ3n) is 6.40. The minimum Gasteiger partial charge on any atom is -0.481 e. The summed E-state index contributed by atoms with van der Waals surface area (Å²) in [4.78, 5) is 26.2. The van der Waals surface area contributed by atoms with Gasteiger partial charge in [-0.2, -0.15) is 0 Å². The standard InChI is InChI=1S/C27H27N3O.C2H4O2/c1-19-7-5-6-10-24(19)29-27(31)25-18-30-17-23(15-16-26(30)28-25)22-13-11-21(12-14-22)20-8-3-2-4-9-20;1-2(3)4/h5-7,10-18,20H,2-4,8-9H2,1H3,(H,29,31);1H3,(H,3,4). The van der Waals surface area contributed by atoms with Crippen LogP contribution in [0.25, 0.3) is 16.8 Å². The van der Waals surface area contributed by atoms with Crippen LogP contribution in [0.4, 0.5) is 5.69 Å². The van der Waals surface area contributed by atoms with Gasteiger partial charge in [0.05, 0.1) is 0 Å². The average Bonchev–Trinajstić information content (AvgIpc) is 3.29. The number of benzene rings is 2. The number of amides is 1. The maximum absolute atomic E-state index is 12.7. The van der Waals surface area contributed by atoms with E-state index < -0.39 is 5.97 Å². The Morgan fingerprint density at radius 3 is 2.26 bits per heavy atom. The number of hydrogen-bond donors (Lipinski definition) is 2. The number of pyridine rings is 1. The van der Waals surface area contributed by atoms with Crippen LogP contribution in [0.3, 0.4) is 0 Å². The van der Waals surface area contributed by atoms with E-state index in [0.29, 0.717) is 11.6 Å². The monoisotopic (exact) mass is 469 g/mol. The molecule has 1 amide bonds. The summed E-state index contributed by atoms with van der Waals surface area (Å²) in [6.07, 6.45) is 10.5. The van der Waals surface area contributed by atoms with Crippen LogP contribution in [0.15, 0.2) is 73.1 Å². The van der Waals surface area contributed by atoms with E-state index in [0.717, 1.165) is 29.4 Å². The number of carboxylic acid groups (broad SMARTS) is 1. The van der Waals surface area contributed by atoms with Gasteiger partial charge in [0.1, 0.15) is 11.3 Å². The Balaban J connectivity index is 0.000000672. The van der Waals surface area contributed by atoms with Crippen LogP contribution < -0.4 is 5.32 Å². The lowest BCUT2D eigenvalue weighted by atomic mass is 9.84. The predicted octanol–water partition coefficient (Wildman–Crippen LogP) is 6.70. The number of rotatable bonds is 4. The van der Waals surface area contributed by atoms with Crippen molar-refractivity contribution >= 4 is 23.2 Å². The number of anilines is 1. The van der Waals surface area contributed by atoms with Crippen LogP contribution in [0.1, 0.15) is 66.6 Å². The fraction of sp³-hybridized carbons (Fsp3) is 0.276. The molecule has 5 rings (SSSR count). The molecule has 1 aliphatic rings. The number of hydrogen-bond acceptors (Lipinski definition) is 3. The van der Waals surface area contributed by atoms with Gasteiger partial charge in [0.15, 0.2) is 0 Å². The first-order chi connectivity index (χ1) is 16.9. The molecule has 35 heavy (non-hydrogen) atoms. The molecule has 1 fully saturated rings. The lowest BCUT2D eigenvalue weighted by Crippen LogP contribution is -2.13. The lowest BCUT2D eigenvalue weighted by Gasteiger charge is -2.22. The zero-order valence-electron chi connectivity index (χ0n) is 20.2. The maximum atomic E-state index is 12.7. The van der Waals surface area contributed by atoms with Gasteiger partial charge in [-0.25, -0.2) is 4.98 Å². The fourth-order valence-corrected chi connectivity index (χ4v) is 4.56. The minimum atomic E-state index is -0.833. The number of carbonyl (C=O) groups is 2. The molecular formula is C29H31N3O3. The van der Waals surface area contributed by atoms with E-state index in [2.05, 4.69) is 40.6 Å². The Morgan fingerprint density at radius 1 is 0.914 bits per heavy atom. The van der Waals surface area contributed by atoms with Crippen LogP contribution in [-0.4, -0.2) is 26.4 Å². The molecule has 6 nitrogen and oxygen atoms in total. The number of para-hydroxylation sites is 1. The second-order valence-electron chi connectivity index (χ2n) is 9.05. The molecule has 4 aromatic rings. The van der Waals surface area contributed by atoms with Crippen molar-refractivity contribution < 1.29 is 14.7 Å². The Morgan fingerprint density at radius 2 is 1.57 bits per heavy atom. The highest BCUT2D eigenvalue weighted by atomic mass is 16.4. The molecule has 0 spiro atoms. The zero-order chi connectivity index (χ0) is 24.8. The lowest BCUT2D eigenvalue weighted by molar-refractivity contribution is -0.134. The number of fused-ring (bicyclic) bond motifs is 1. The van der Waals surface area contributed by atoms with Crippen molar-refractivity contribution in [2.75, 3.05) is 5.32 Å². The first kappa shape index (κ1) is 24.2. The summed E-state index contributed by atoms with van der Waals surface area (Å²) in [7, 11) is 0. The van der Waals surface area contributed by atoms with Crippen molar-refractivity contribution in [2.45, 2.75) is 51.9 Å². The molecule has 1 saturated carbocycles. The summed E-state index contributed by atoms with van der Waals surface area (Å²) in [5.41, 5.74) is 6.77. The molecule has 0 radical (unpaired) electrons. The van der Waals surface area contributed by atoms with Gasteiger partial charge in [-0.3, -0.25) is 9.59 Å². The Hall–Kier alpha value is -3.93. The Kier molecular flexibility index (Phi) is 7.60. The molecule has 0 atom stereocenters. The van der Waals surface area contributed by atoms with Crippen LogP contribution in [0.5, 0.6) is 0 Å². The predicted molar refractivity (Wildman–Crippen MR) is 139 cm³/mol. The minimum absolute atomic E-state index is 0.198. The molecule has 0 unspecified atom stereocenters. The Labute approximate surface area is 205 Å². The molecule has 1 aliphatic carbocycles. The van der Waals surface area contributed by atoms with E-state index in [9.17, 15) is 4.79 Å². The van der Waals surface area contributed by atoms with E-state index >= 15 is 0 Å². The van der Waals surface area contributed by atoms with Crippen LogP contribution in [0.2, 0.25) is 0 Å². The second kappa shape index (κ2) is 11.0. The number of imidazole rings is 1. The topological polar surface area (TPSA) is 83.7 Å². The number of carboxylic acids is 1.